The molecule has 1 aliphatic carbocycles. The summed E-state index contributed by atoms with van der Waals surface area (Å²) in [6.45, 7) is 0. The maximum Gasteiger partial charge on any atom is 0.151 e. The van der Waals surface area contributed by atoms with E-state index in [-0.39, 0.29) is 11.7 Å². The number of halogens is 2. The van der Waals surface area contributed by atoms with Crippen LogP contribution in [0.5, 0.6) is 0 Å². The quantitative estimate of drug-likeness (QED) is 0.712. The van der Waals surface area contributed by atoms with Gasteiger partial charge in [0.1, 0.15) is 11.6 Å². The van der Waals surface area contributed by atoms with Gasteiger partial charge >= 0.3 is 0 Å². The fourth-order valence-electron chi connectivity index (χ4n) is 3.76. The van der Waals surface area contributed by atoms with Gasteiger partial charge in [-0.2, -0.15) is 0 Å². The van der Waals surface area contributed by atoms with E-state index in [4.69, 9.17) is 0 Å². The zero-order valence-electron chi connectivity index (χ0n) is 14.3. The van der Waals surface area contributed by atoms with Crippen molar-refractivity contribution in [2.75, 3.05) is 6.26 Å². The summed E-state index contributed by atoms with van der Waals surface area (Å²) in [4.78, 5) is 3.18. The first kappa shape index (κ1) is 17.2. The molecule has 1 N–H and O–H groups in total. The van der Waals surface area contributed by atoms with Gasteiger partial charge in [0.25, 0.3) is 0 Å². The van der Waals surface area contributed by atoms with Crippen molar-refractivity contribution < 1.29 is 17.2 Å². The number of benzene rings is 2. The van der Waals surface area contributed by atoms with Crippen LogP contribution in [0.4, 0.5) is 8.78 Å². The second kappa shape index (κ2) is 6.20. The molecule has 26 heavy (non-hydrogen) atoms. The molecule has 136 valence electrons. The maximum atomic E-state index is 14.5. The van der Waals surface area contributed by atoms with E-state index in [1.165, 1.54) is 18.4 Å². The van der Waals surface area contributed by atoms with E-state index in [0.29, 0.717) is 17.0 Å². The molecular weight excluding hydrogens is 356 g/mol. The van der Waals surface area contributed by atoms with Crippen LogP contribution in [-0.4, -0.2) is 19.7 Å². The first-order valence-electron chi connectivity index (χ1n) is 8.55. The molecule has 4 rings (SSSR count). The average Bonchev–Trinajstić information content (AvgIpc) is 3.28. The van der Waals surface area contributed by atoms with E-state index < -0.39 is 21.5 Å². The normalized spacial score (nSPS) is 16.1. The van der Waals surface area contributed by atoms with Crippen molar-refractivity contribution in [3.63, 3.8) is 0 Å². The van der Waals surface area contributed by atoms with Gasteiger partial charge in [-0.3, -0.25) is 0 Å². The van der Waals surface area contributed by atoms with Gasteiger partial charge in [-0.15, -0.1) is 0 Å². The van der Waals surface area contributed by atoms with Crippen molar-refractivity contribution in [2.24, 2.45) is 5.92 Å². The molecule has 1 heterocycles. The smallest absolute Gasteiger partial charge is 0.151 e. The van der Waals surface area contributed by atoms with Crippen LogP contribution in [0.15, 0.2) is 42.6 Å². The largest absolute Gasteiger partial charge is 0.361 e. The van der Waals surface area contributed by atoms with Gasteiger partial charge in [0, 0.05) is 35.3 Å². The number of rotatable bonds is 5. The Morgan fingerprint density at radius 3 is 2.58 bits per heavy atom. The average molecular weight is 375 g/mol. The molecule has 1 aliphatic rings. The van der Waals surface area contributed by atoms with E-state index >= 15 is 0 Å². The molecule has 0 saturated heterocycles. The van der Waals surface area contributed by atoms with Crippen molar-refractivity contribution in [2.45, 2.75) is 24.5 Å². The summed E-state index contributed by atoms with van der Waals surface area (Å²) >= 11 is 0. The van der Waals surface area contributed by atoms with E-state index in [1.807, 2.05) is 18.3 Å². The first-order valence-corrected chi connectivity index (χ1v) is 10.6. The topological polar surface area (TPSA) is 49.9 Å². The van der Waals surface area contributed by atoms with Gasteiger partial charge in [-0.1, -0.05) is 24.3 Å². The van der Waals surface area contributed by atoms with E-state index in [9.17, 15) is 17.2 Å². The fourth-order valence-corrected chi connectivity index (χ4v) is 4.56. The number of H-pyrrole nitrogens is 1. The van der Waals surface area contributed by atoms with Gasteiger partial charge in [0.05, 0.1) is 5.75 Å². The summed E-state index contributed by atoms with van der Waals surface area (Å²) in [5.74, 6) is -1.03. The number of hydrogen-bond donors (Lipinski definition) is 1. The van der Waals surface area contributed by atoms with Gasteiger partial charge < -0.3 is 4.98 Å². The van der Waals surface area contributed by atoms with Crippen molar-refractivity contribution in [1.82, 2.24) is 4.98 Å². The maximum absolute atomic E-state index is 14.5. The number of aromatic nitrogens is 1. The Bertz CT molecular complexity index is 1080. The number of nitrogens with one attached hydrogen (secondary N) is 1. The molecule has 1 saturated carbocycles. The van der Waals surface area contributed by atoms with Crippen molar-refractivity contribution in [1.29, 1.82) is 0 Å². The van der Waals surface area contributed by atoms with Crippen molar-refractivity contribution in [3.8, 4) is 0 Å². The van der Waals surface area contributed by atoms with E-state index in [0.717, 1.165) is 35.4 Å². The molecule has 1 fully saturated rings. The Balaban J connectivity index is 1.85. The third-order valence-electron chi connectivity index (χ3n) is 4.98. The summed E-state index contributed by atoms with van der Waals surface area (Å²) < 4.78 is 51.2. The number of sulfone groups is 1. The van der Waals surface area contributed by atoms with Crippen molar-refractivity contribution in [3.05, 3.63) is 70.9 Å². The third-order valence-corrected chi connectivity index (χ3v) is 5.81. The monoisotopic (exact) mass is 375 g/mol. The molecule has 3 nitrogen and oxygen atoms in total. The van der Waals surface area contributed by atoms with Crippen LogP contribution >= 0.6 is 0 Å². The Hall–Kier alpha value is -2.21. The SMILES string of the molecule is CS(=O)(=O)Cc1cccc2c(C(c3ccc(F)cc3F)C3CC3)c[nH]c12. The molecular formula is C20H19F2NO2S. The predicted octanol–water partition coefficient (Wildman–Crippen LogP) is 4.53. The van der Waals surface area contributed by atoms with Gasteiger partial charge in [-0.25, -0.2) is 17.2 Å². The molecule has 0 radical (unpaired) electrons. The number of aromatic amines is 1. The second-order valence-electron chi connectivity index (χ2n) is 7.13. The number of para-hydroxylation sites is 1. The molecule has 3 aromatic rings. The minimum absolute atomic E-state index is 0.0523. The molecule has 1 unspecified atom stereocenters. The van der Waals surface area contributed by atoms with Crippen LogP contribution in [0.2, 0.25) is 0 Å². The molecule has 2 aromatic carbocycles. The molecule has 0 bridgehead atoms. The highest BCUT2D eigenvalue weighted by atomic mass is 32.2. The second-order valence-corrected chi connectivity index (χ2v) is 9.27. The summed E-state index contributed by atoms with van der Waals surface area (Å²) in [5.41, 5.74) is 2.89. The zero-order chi connectivity index (χ0) is 18.5. The minimum Gasteiger partial charge on any atom is -0.361 e. The summed E-state index contributed by atoms with van der Waals surface area (Å²) in [6, 6.07) is 9.27. The Morgan fingerprint density at radius 1 is 1.15 bits per heavy atom. The molecule has 6 heteroatoms. The van der Waals surface area contributed by atoms with Gasteiger partial charge in [0.15, 0.2) is 9.84 Å². The number of hydrogen-bond acceptors (Lipinski definition) is 2. The van der Waals surface area contributed by atoms with Gasteiger partial charge in [0.2, 0.25) is 0 Å². The Morgan fingerprint density at radius 2 is 1.92 bits per heavy atom. The zero-order valence-corrected chi connectivity index (χ0v) is 15.1. The standard InChI is InChI=1S/C20H19F2NO2S/c1-26(24,25)11-13-3-2-4-15-17(10-23-20(13)15)19(12-5-6-12)16-8-7-14(21)9-18(16)22/h2-4,7-10,12,19,23H,5-6,11H2,1H3. The summed E-state index contributed by atoms with van der Waals surface area (Å²) in [5, 5.41) is 0.895. The number of fused-ring (bicyclic) bond motifs is 1. The predicted molar refractivity (Wildman–Crippen MR) is 97.8 cm³/mol. The van der Waals surface area contributed by atoms with Crippen LogP contribution in [0.1, 0.15) is 35.4 Å². The minimum atomic E-state index is -3.17. The highest BCUT2D eigenvalue weighted by Gasteiger charge is 2.36. The van der Waals surface area contributed by atoms with Crippen LogP contribution in [-0.2, 0) is 15.6 Å². The van der Waals surface area contributed by atoms with Crippen LogP contribution < -0.4 is 0 Å². The molecule has 0 spiro atoms. The Labute approximate surface area is 151 Å². The van der Waals surface area contributed by atoms with E-state index in [1.54, 1.807) is 6.07 Å². The lowest BCUT2D eigenvalue weighted by molar-refractivity contribution is 0.554. The Kier molecular flexibility index (Phi) is 4.10. The summed E-state index contributed by atoms with van der Waals surface area (Å²) in [6.07, 6.45) is 5.03. The van der Waals surface area contributed by atoms with Crippen LogP contribution in [0, 0.1) is 17.6 Å². The highest BCUT2D eigenvalue weighted by molar-refractivity contribution is 7.89. The fraction of sp³-hybridized carbons (Fsp3) is 0.300. The molecule has 1 aromatic heterocycles. The molecule has 1 atom stereocenters. The van der Waals surface area contributed by atoms with E-state index in [2.05, 4.69) is 4.98 Å². The van der Waals surface area contributed by atoms with Crippen molar-refractivity contribution >= 4 is 20.7 Å². The van der Waals surface area contributed by atoms with Crippen LogP contribution in [0.25, 0.3) is 10.9 Å². The lowest BCUT2D eigenvalue weighted by Crippen LogP contribution is -2.06. The van der Waals surface area contributed by atoms with Crippen LogP contribution in [0.3, 0.4) is 0 Å². The lowest BCUT2D eigenvalue weighted by Gasteiger charge is -2.17. The molecule has 0 aliphatic heterocycles. The highest BCUT2D eigenvalue weighted by Crippen LogP contribution is 2.48. The lowest BCUT2D eigenvalue weighted by atomic mass is 9.86. The molecule has 0 amide bonds. The van der Waals surface area contributed by atoms with Gasteiger partial charge in [-0.05, 0) is 41.5 Å². The summed E-state index contributed by atoms with van der Waals surface area (Å²) in [7, 11) is -3.17. The third kappa shape index (κ3) is 3.26. The first-order chi connectivity index (χ1) is 12.3.